The van der Waals surface area contributed by atoms with Crippen molar-refractivity contribution in [2.24, 2.45) is 17.8 Å². The van der Waals surface area contributed by atoms with Crippen molar-refractivity contribution in [1.29, 1.82) is 0 Å². The lowest BCUT2D eigenvalue weighted by atomic mass is 9.68. The molecule has 0 N–H and O–H groups in total. The number of hydrogen-bond donors (Lipinski definition) is 0. The fraction of sp³-hybridized carbons (Fsp3) is 0.708. The van der Waals surface area contributed by atoms with Gasteiger partial charge in [-0.15, -0.1) is 0 Å². The zero-order chi connectivity index (χ0) is 18.8. The van der Waals surface area contributed by atoms with Crippen molar-refractivity contribution < 1.29 is 13.9 Å². The van der Waals surface area contributed by atoms with E-state index in [9.17, 15) is 9.18 Å². The summed E-state index contributed by atoms with van der Waals surface area (Å²) in [5, 5.41) is 0. The molecule has 0 amide bonds. The van der Waals surface area contributed by atoms with Crippen LogP contribution >= 0.6 is 0 Å². The Morgan fingerprint density at radius 1 is 0.963 bits per heavy atom. The van der Waals surface area contributed by atoms with Gasteiger partial charge in [-0.2, -0.15) is 0 Å². The number of esters is 1. The first-order valence-corrected chi connectivity index (χ1v) is 11.2. The highest BCUT2D eigenvalue weighted by Gasteiger charge is 2.32. The molecule has 2 nitrogen and oxygen atoms in total. The zero-order valence-electron chi connectivity index (χ0n) is 16.6. The summed E-state index contributed by atoms with van der Waals surface area (Å²) < 4.78 is 19.6. The summed E-state index contributed by atoms with van der Waals surface area (Å²) in [4.78, 5) is 11.4. The fourth-order valence-electron chi connectivity index (χ4n) is 5.89. The van der Waals surface area contributed by atoms with Crippen molar-refractivity contribution in [1.82, 2.24) is 0 Å². The Morgan fingerprint density at radius 3 is 2.30 bits per heavy atom. The Bertz CT molecular complexity index is 667. The van der Waals surface area contributed by atoms with E-state index in [1.807, 2.05) is 0 Å². The minimum atomic E-state index is -0.355. The lowest BCUT2D eigenvalue weighted by Gasteiger charge is -2.38. The third-order valence-electron chi connectivity index (χ3n) is 7.46. The van der Waals surface area contributed by atoms with E-state index in [-0.39, 0.29) is 17.5 Å². The Balaban J connectivity index is 1.35. The second-order valence-electron chi connectivity index (χ2n) is 9.15. The Morgan fingerprint density at radius 2 is 1.63 bits per heavy atom. The predicted molar refractivity (Wildman–Crippen MR) is 105 cm³/mol. The van der Waals surface area contributed by atoms with E-state index >= 15 is 0 Å². The minimum absolute atomic E-state index is 0.174. The van der Waals surface area contributed by atoms with Crippen LogP contribution in [0.3, 0.4) is 0 Å². The van der Waals surface area contributed by atoms with Crippen LogP contribution in [0.4, 0.5) is 4.39 Å². The predicted octanol–water partition coefficient (Wildman–Crippen LogP) is 6.56. The highest BCUT2D eigenvalue weighted by atomic mass is 19.1. The summed E-state index contributed by atoms with van der Waals surface area (Å²) in [6.45, 7) is 2.31. The van der Waals surface area contributed by atoms with Gasteiger partial charge in [0.25, 0.3) is 0 Å². The monoisotopic (exact) mass is 372 g/mol. The van der Waals surface area contributed by atoms with Gasteiger partial charge in [-0.05, 0) is 85.8 Å². The van der Waals surface area contributed by atoms with Crippen LogP contribution in [0.5, 0.6) is 5.75 Å². The average molecular weight is 373 g/mol. The Kier molecular flexibility index (Phi) is 5.85. The van der Waals surface area contributed by atoms with E-state index < -0.39 is 0 Å². The van der Waals surface area contributed by atoms with Crippen LogP contribution in [0, 0.1) is 23.6 Å². The quantitative estimate of drug-likeness (QED) is 0.442. The minimum Gasteiger partial charge on any atom is -0.423 e. The van der Waals surface area contributed by atoms with Crippen LogP contribution in [-0.4, -0.2) is 5.97 Å². The number of carbonyl (C=O) groups is 1. The summed E-state index contributed by atoms with van der Waals surface area (Å²) in [7, 11) is 0. The van der Waals surface area contributed by atoms with Gasteiger partial charge in [0.05, 0.1) is 6.42 Å². The van der Waals surface area contributed by atoms with Gasteiger partial charge in [0.1, 0.15) is 0 Å². The van der Waals surface area contributed by atoms with Crippen LogP contribution in [0.15, 0.2) is 12.1 Å². The van der Waals surface area contributed by atoms with Gasteiger partial charge in [-0.3, -0.25) is 4.79 Å². The largest absolute Gasteiger partial charge is 0.423 e. The first-order valence-electron chi connectivity index (χ1n) is 11.2. The topological polar surface area (TPSA) is 26.3 Å². The molecule has 0 spiro atoms. The van der Waals surface area contributed by atoms with Gasteiger partial charge < -0.3 is 4.74 Å². The normalized spacial score (nSPS) is 31.3. The van der Waals surface area contributed by atoms with Crippen LogP contribution in [-0.2, 0) is 11.2 Å². The molecule has 27 heavy (non-hydrogen) atoms. The molecule has 3 aliphatic rings. The molecule has 2 fully saturated rings. The van der Waals surface area contributed by atoms with Gasteiger partial charge in [-0.25, -0.2) is 4.39 Å². The zero-order valence-corrected chi connectivity index (χ0v) is 16.6. The number of ether oxygens (including phenoxy) is 1. The van der Waals surface area contributed by atoms with Crippen molar-refractivity contribution in [3.8, 4) is 5.75 Å². The summed E-state index contributed by atoms with van der Waals surface area (Å²) in [5.41, 5.74) is 2.00. The number of benzene rings is 1. The lowest BCUT2D eigenvalue weighted by Crippen LogP contribution is -2.25. The molecular weight excluding hydrogens is 339 g/mol. The molecule has 0 saturated heterocycles. The van der Waals surface area contributed by atoms with Gasteiger partial charge >= 0.3 is 5.97 Å². The summed E-state index contributed by atoms with van der Waals surface area (Å²) >= 11 is 0. The summed E-state index contributed by atoms with van der Waals surface area (Å²) in [6.07, 6.45) is 14.4. The third-order valence-corrected chi connectivity index (χ3v) is 7.46. The Hall–Kier alpha value is -1.38. The van der Waals surface area contributed by atoms with Crippen molar-refractivity contribution in [2.75, 3.05) is 0 Å². The smallest absolute Gasteiger partial charge is 0.311 e. The molecule has 0 aromatic heterocycles. The molecule has 3 heteroatoms. The second-order valence-corrected chi connectivity index (χ2v) is 9.15. The molecular formula is C24H33FO2. The molecule has 0 atom stereocenters. The van der Waals surface area contributed by atoms with Crippen LogP contribution in [0.2, 0.25) is 0 Å². The molecule has 2 saturated carbocycles. The van der Waals surface area contributed by atoms with E-state index in [2.05, 4.69) is 13.0 Å². The van der Waals surface area contributed by atoms with Crippen LogP contribution in [0.25, 0.3) is 0 Å². The molecule has 1 aliphatic heterocycles. The van der Waals surface area contributed by atoms with Gasteiger partial charge in [0.2, 0.25) is 0 Å². The van der Waals surface area contributed by atoms with Gasteiger partial charge in [0, 0.05) is 0 Å². The highest BCUT2D eigenvalue weighted by Crippen LogP contribution is 2.45. The molecule has 0 radical (unpaired) electrons. The Labute approximate surface area is 162 Å². The van der Waals surface area contributed by atoms with E-state index in [1.165, 1.54) is 64.2 Å². The van der Waals surface area contributed by atoms with Gasteiger partial charge in [0.15, 0.2) is 11.6 Å². The molecule has 1 aromatic rings. The number of hydrogen-bond acceptors (Lipinski definition) is 2. The first kappa shape index (κ1) is 19.0. The van der Waals surface area contributed by atoms with Crippen LogP contribution < -0.4 is 4.74 Å². The molecule has 1 heterocycles. The summed E-state index contributed by atoms with van der Waals surface area (Å²) in [5.74, 6) is 2.76. The number of aryl methyl sites for hydroxylation is 1. The van der Waals surface area contributed by atoms with E-state index in [0.717, 1.165) is 28.9 Å². The van der Waals surface area contributed by atoms with Crippen molar-refractivity contribution in [3.63, 3.8) is 0 Å². The lowest BCUT2D eigenvalue weighted by molar-refractivity contribution is -0.135. The standard InChI is InChI=1S/C24H33FO2/c1-2-3-16-4-6-17(7-5-16)18-8-10-19(11-9-18)21-14-20-12-13-23(26)27-24(20)22(25)15-21/h14-19H,2-13H2,1H3. The highest BCUT2D eigenvalue weighted by molar-refractivity contribution is 5.75. The van der Waals surface area contributed by atoms with Crippen molar-refractivity contribution >= 4 is 5.97 Å². The van der Waals surface area contributed by atoms with Crippen LogP contribution in [0.1, 0.15) is 94.6 Å². The number of fused-ring (bicyclic) bond motifs is 1. The average Bonchev–Trinajstić information content (AvgIpc) is 2.69. The van der Waals surface area contributed by atoms with Crippen molar-refractivity contribution in [3.05, 3.63) is 29.1 Å². The second kappa shape index (κ2) is 8.32. The number of rotatable bonds is 4. The maximum absolute atomic E-state index is 14.4. The summed E-state index contributed by atoms with van der Waals surface area (Å²) in [6, 6.07) is 3.73. The number of carbonyl (C=O) groups excluding carboxylic acids is 1. The van der Waals surface area contributed by atoms with E-state index in [1.54, 1.807) is 6.07 Å². The molecule has 1 aromatic carbocycles. The molecule has 0 unspecified atom stereocenters. The molecule has 2 aliphatic carbocycles. The van der Waals surface area contributed by atoms with E-state index in [0.29, 0.717) is 18.8 Å². The molecule has 4 rings (SSSR count). The maximum Gasteiger partial charge on any atom is 0.311 e. The van der Waals surface area contributed by atoms with E-state index in [4.69, 9.17) is 4.74 Å². The fourth-order valence-corrected chi connectivity index (χ4v) is 5.89. The maximum atomic E-state index is 14.4. The third kappa shape index (κ3) is 4.22. The number of halogens is 1. The van der Waals surface area contributed by atoms with Crippen molar-refractivity contribution in [2.45, 2.75) is 89.9 Å². The van der Waals surface area contributed by atoms with Gasteiger partial charge in [-0.1, -0.05) is 38.7 Å². The SMILES string of the molecule is CCCC1CCC(C2CCC(c3cc(F)c4c(c3)CCC(=O)O4)CC2)CC1. The first-order chi connectivity index (χ1) is 13.1. The molecule has 0 bridgehead atoms. The molecule has 148 valence electrons.